The lowest BCUT2D eigenvalue weighted by Crippen LogP contribution is -2.46. The van der Waals surface area contributed by atoms with Crippen molar-refractivity contribution in [2.45, 2.75) is 70.1 Å². The summed E-state index contributed by atoms with van der Waals surface area (Å²) in [7, 11) is -3.23. The van der Waals surface area contributed by atoms with E-state index >= 15 is 0 Å². The molecule has 0 bridgehead atoms. The standard InChI is InChI=1S/C18H36N4O2S2.HI/c1-3-19-18(22-16-9-6-10-17(13-16)25-4-2)20-11-12-26(23,24)21-14-15-7-5-8-15;/h15-17,21H,3-14H2,1-2H3,(H2,19,20,22);1H. The molecular formula is C18H37IN4O2S2. The van der Waals surface area contributed by atoms with Gasteiger partial charge in [0.05, 0.1) is 12.3 Å². The minimum atomic E-state index is -3.23. The molecule has 2 atom stereocenters. The number of guanidine groups is 1. The molecule has 0 aromatic heterocycles. The molecule has 27 heavy (non-hydrogen) atoms. The van der Waals surface area contributed by atoms with Gasteiger partial charge in [0.25, 0.3) is 0 Å². The summed E-state index contributed by atoms with van der Waals surface area (Å²) in [6.07, 6.45) is 8.38. The summed E-state index contributed by atoms with van der Waals surface area (Å²) in [6.45, 7) is 5.90. The molecule has 0 saturated heterocycles. The van der Waals surface area contributed by atoms with Crippen LogP contribution in [-0.2, 0) is 10.0 Å². The molecule has 160 valence electrons. The van der Waals surface area contributed by atoms with E-state index in [2.05, 4.69) is 27.3 Å². The highest BCUT2D eigenvalue weighted by atomic mass is 127. The van der Waals surface area contributed by atoms with Gasteiger partial charge in [-0.1, -0.05) is 19.8 Å². The quantitative estimate of drug-likeness (QED) is 0.229. The van der Waals surface area contributed by atoms with Crippen molar-refractivity contribution in [2.75, 3.05) is 31.1 Å². The van der Waals surface area contributed by atoms with Crippen molar-refractivity contribution in [3.05, 3.63) is 0 Å². The number of sulfonamides is 1. The van der Waals surface area contributed by atoms with Crippen molar-refractivity contribution in [3.63, 3.8) is 0 Å². The molecule has 0 spiro atoms. The maximum Gasteiger partial charge on any atom is 0.213 e. The van der Waals surface area contributed by atoms with Gasteiger partial charge in [0.1, 0.15) is 0 Å². The predicted octanol–water partition coefficient (Wildman–Crippen LogP) is 2.94. The van der Waals surface area contributed by atoms with E-state index in [0.717, 1.165) is 49.2 Å². The first-order chi connectivity index (χ1) is 12.5. The van der Waals surface area contributed by atoms with Gasteiger partial charge in [0.2, 0.25) is 10.0 Å². The number of thioether (sulfide) groups is 1. The van der Waals surface area contributed by atoms with Crippen LogP contribution in [0.2, 0.25) is 0 Å². The van der Waals surface area contributed by atoms with Crippen LogP contribution in [0.3, 0.4) is 0 Å². The van der Waals surface area contributed by atoms with Crippen molar-refractivity contribution in [2.24, 2.45) is 10.9 Å². The van der Waals surface area contributed by atoms with Gasteiger partial charge in [-0.25, -0.2) is 13.1 Å². The van der Waals surface area contributed by atoms with E-state index in [4.69, 9.17) is 0 Å². The second-order valence-electron chi connectivity index (χ2n) is 7.31. The summed E-state index contributed by atoms with van der Waals surface area (Å²) < 4.78 is 26.9. The molecule has 2 saturated carbocycles. The molecule has 0 aromatic rings. The third-order valence-corrected chi connectivity index (χ3v) is 7.72. The van der Waals surface area contributed by atoms with Crippen molar-refractivity contribution >= 4 is 51.7 Å². The molecule has 2 aliphatic carbocycles. The number of halogens is 1. The molecule has 0 heterocycles. The maximum absolute atomic E-state index is 12.1. The Morgan fingerprint density at radius 3 is 2.52 bits per heavy atom. The van der Waals surface area contributed by atoms with E-state index in [9.17, 15) is 8.42 Å². The van der Waals surface area contributed by atoms with E-state index in [-0.39, 0.29) is 36.3 Å². The smallest absolute Gasteiger partial charge is 0.213 e. The van der Waals surface area contributed by atoms with Gasteiger partial charge in [-0.15, -0.1) is 24.0 Å². The van der Waals surface area contributed by atoms with Crippen molar-refractivity contribution in [1.29, 1.82) is 0 Å². The number of nitrogens with one attached hydrogen (secondary N) is 3. The second kappa shape index (κ2) is 13.5. The first kappa shape index (κ1) is 25.3. The fourth-order valence-electron chi connectivity index (χ4n) is 3.47. The third kappa shape index (κ3) is 10.0. The number of hydrogen-bond donors (Lipinski definition) is 3. The Bertz CT molecular complexity index is 539. The van der Waals surface area contributed by atoms with Crippen LogP contribution in [0.5, 0.6) is 0 Å². The van der Waals surface area contributed by atoms with Crippen LogP contribution in [0.4, 0.5) is 0 Å². The zero-order chi connectivity index (χ0) is 18.8. The first-order valence-corrected chi connectivity index (χ1v) is 12.9. The lowest BCUT2D eigenvalue weighted by molar-refractivity contribution is 0.316. The molecule has 6 nitrogen and oxygen atoms in total. The summed E-state index contributed by atoms with van der Waals surface area (Å²) in [5.74, 6) is 2.49. The highest BCUT2D eigenvalue weighted by molar-refractivity contribution is 14.0. The number of hydrogen-bond acceptors (Lipinski definition) is 4. The van der Waals surface area contributed by atoms with Gasteiger partial charge >= 0.3 is 0 Å². The molecule has 9 heteroatoms. The minimum Gasteiger partial charge on any atom is -0.357 e. The zero-order valence-corrected chi connectivity index (χ0v) is 20.7. The largest absolute Gasteiger partial charge is 0.357 e. The third-order valence-electron chi connectivity index (χ3n) is 5.16. The maximum atomic E-state index is 12.1. The van der Waals surface area contributed by atoms with Crippen LogP contribution in [0.25, 0.3) is 0 Å². The highest BCUT2D eigenvalue weighted by Crippen LogP contribution is 2.28. The van der Waals surface area contributed by atoms with Gasteiger partial charge < -0.3 is 10.6 Å². The van der Waals surface area contributed by atoms with Gasteiger partial charge in [-0.2, -0.15) is 11.8 Å². The van der Waals surface area contributed by atoms with Crippen molar-refractivity contribution < 1.29 is 8.42 Å². The number of aliphatic imine (C=N–C) groups is 1. The number of rotatable bonds is 10. The Labute approximate surface area is 187 Å². The van der Waals surface area contributed by atoms with E-state index < -0.39 is 10.0 Å². The average Bonchev–Trinajstić information content (AvgIpc) is 2.54. The predicted molar refractivity (Wildman–Crippen MR) is 128 cm³/mol. The molecule has 2 unspecified atom stereocenters. The fraction of sp³-hybridized carbons (Fsp3) is 0.944. The van der Waals surface area contributed by atoms with Crippen LogP contribution < -0.4 is 15.4 Å². The monoisotopic (exact) mass is 532 g/mol. The molecule has 2 aliphatic rings. The summed E-state index contributed by atoms with van der Waals surface area (Å²) in [4.78, 5) is 4.49. The van der Waals surface area contributed by atoms with E-state index in [1.54, 1.807) is 0 Å². The lowest BCUT2D eigenvalue weighted by atomic mass is 9.86. The molecule has 0 amide bonds. The summed E-state index contributed by atoms with van der Waals surface area (Å²) >= 11 is 2.04. The first-order valence-electron chi connectivity index (χ1n) is 10.2. The Kier molecular flexibility index (Phi) is 12.6. The van der Waals surface area contributed by atoms with Crippen LogP contribution in [0.1, 0.15) is 58.8 Å². The Morgan fingerprint density at radius 1 is 1.15 bits per heavy atom. The Hall–Kier alpha value is 0.260. The molecule has 2 fully saturated rings. The molecule has 0 aromatic carbocycles. The molecule has 0 aliphatic heterocycles. The van der Waals surface area contributed by atoms with Crippen LogP contribution >= 0.6 is 35.7 Å². The topological polar surface area (TPSA) is 82.6 Å². The lowest BCUT2D eigenvalue weighted by Gasteiger charge is -2.30. The van der Waals surface area contributed by atoms with E-state index in [1.807, 2.05) is 18.7 Å². The molecule has 3 N–H and O–H groups in total. The summed E-state index contributed by atoms with van der Waals surface area (Å²) in [5.41, 5.74) is 0. The SMILES string of the molecule is CCNC(=NCCS(=O)(=O)NCC1CCC1)NC1CCCC(SCC)C1.I. The average molecular weight is 533 g/mol. The summed E-state index contributed by atoms with van der Waals surface area (Å²) in [5, 5.41) is 7.49. The molecule has 0 radical (unpaired) electrons. The second-order valence-corrected chi connectivity index (χ2v) is 10.8. The number of nitrogens with zero attached hydrogens (tertiary/aromatic N) is 1. The van der Waals surface area contributed by atoms with Crippen molar-refractivity contribution in [3.8, 4) is 0 Å². The molecular weight excluding hydrogens is 495 g/mol. The minimum absolute atomic E-state index is 0. The van der Waals surface area contributed by atoms with Crippen LogP contribution in [0, 0.1) is 5.92 Å². The van der Waals surface area contributed by atoms with Gasteiger partial charge in [0, 0.05) is 24.4 Å². The normalized spacial score (nSPS) is 24.0. The van der Waals surface area contributed by atoms with E-state index in [0.29, 0.717) is 18.5 Å². The van der Waals surface area contributed by atoms with Crippen LogP contribution in [-0.4, -0.2) is 56.8 Å². The summed E-state index contributed by atoms with van der Waals surface area (Å²) in [6, 6.07) is 0.430. The van der Waals surface area contributed by atoms with Crippen LogP contribution in [0.15, 0.2) is 4.99 Å². The Balaban J connectivity index is 0.00000364. The fourth-order valence-corrected chi connectivity index (χ4v) is 5.61. The van der Waals surface area contributed by atoms with E-state index in [1.165, 1.54) is 19.3 Å². The molecule has 2 rings (SSSR count). The van der Waals surface area contributed by atoms with Crippen molar-refractivity contribution in [1.82, 2.24) is 15.4 Å². The zero-order valence-electron chi connectivity index (χ0n) is 16.7. The van der Waals surface area contributed by atoms with Gasteiger partial charge in [-0.05, 0) is 50.7 Å². The van der Waals surface area contributed by atoms with Gasteiger partial charge in [-0.3, -0.25) is 4.99 Å². The highest BCUT2D eigenvalue weighted by Gasteiger charge is 2.23. The van der Waals surface area contributed by atoms with Gasteiger partial charge in [0.15, 0.2) is 5.96 Å². The Morgan fingerprint density at radius 2 is 1.89 bits per heavy atom.